The van der Waals surface area contributed by atoms with Gasteiger partial charge in [-0.1, -0.05) is 13.2 Å². The van der Waals surface area contributed by atoms with Crippen LogP contribution in [0.25, 0.3) is 0 Å². The fourth-order valence-corrected chi connectivity index (χ4v) is 0.147. The molecular formula is C5H7FO. The van der Waals surface area contributed by atoms with E-state index in [4.69, 9.17) is 0 Å². The maximum Gasteiger partial charge on any atom is 0.256 e. The Kier molecular flexibility index (Phi) is 3.02. The lowest BCUT2D eigenvalue weighted by Crippen LogP contribution is -1.93. The topological polar surface area (TPSA) is 9.23 Å². The first-order valence-corrected chi connectivity index (χ1v) is 1.84. The fraction of sp³-hybridized carbons (Fsp3) is 0.200. The molecule has 0 fully saturated rings. The van der Waals surface area contributed by atoms with Crippen molar-refractivity contribution in [1.82, 2.24) is 0 Å². The molecule has 0 aliphatic rings. The molecule has 0 N–H and O–H groups in total. The van der Waals surface area contributed by atoms with Crippen molar-refractivity contribution in [2.75, 3.05) is 0 Å². The normalized spacial score (nSPS) is 12.1. The van der Waals surface area contributed by atoms with E-state index in [-0.39, 0.29) is 0 Å². The van der Waals surface area contributed by atoms with E-state index < -0.39 is 6.36 Å². The van der Waals surface area contributed by atoms with Gasteiger partial charge in [-0.25, -0.2) is 0 Å². The van der Waals surface area contributed by atoms with Gasteiger partial charge in [0.2, 0.25) is 0 Å². The van der Waals surface area contributed by atoms with Gasteiger partial charge in [-0.05, 0) is 6.08 Å². The van der Waals surface area contributed by atoms with Crippen LogP contribution in [-0.2, 0) is 4.74 Å². The molecular weight excluding hydrogens is 95.1 g/mol. The van der Waals surface area contributed by atoms with E-state index in [1.165, 1.54) is 0 Å². The molecule has 0 radical (unpaired) electrons. The second-order valence-electron chi connectivity index (χ2n) is 0.890. The summed E-state index contributed by atoms with van der Waals surface area (Å²) in [6.45, 7) is 6.27. The van der Waals surface area contributed by atoms with Crippen molar-refractivity contribution >= 4 is 0 Å². The van der Waals surface area contributed by atoms with Crippen LogP contribution in [0.3, 0.4) is 0 Å². The third-order valence-electron chi connectivity index (χ3n) is 0.412. The Balaban J connectivity index is 3.15. The predicted molar refractivity (Wildman–Crippen MR) is 26.4 cm³/mol. The minimum Gasteiger partial charge on any atom is -0.465 e. The standard InChI is InChI=1S/C5H7FO/c1-3-5(6)7-4-2/h3-5H,1-2H2. The number of halogens is 1. The third kappa shape index (κ3) is 3.03. The quantitative estimate of drug-likeness (QED) is 0.388. The van der Waals surface area contributed by atoms with Gasteiger partial charge in [-0.3, -0.25) is 0 Å². The summed E-state index contributed by atoms with van der Waals surface area (Å²) in [6.07, 6.45) is 0.672. The monoisotopic (exact) mass is 102 g/mol. The number of rotatable bonds is 3. The maximum atomic E-state index is 11.7. The lowest BCUT2D eigenvalue weighted by Gasteiger charge is -1.97. The molecule has 7 heavy (non-hydrogen) atoms. The highest BCUT2D eigenvalue weighted by Crippen LogP contribution is 1.92. The van der Waals surface area contributed by atoms with E-state index in [0.717, 1.165) is 12.3 Å². The van der Waals surface area contributed by atoms with Gasteiger partial charge < -0.3 is 4.74 Å². The highest BCUT2D eigenvalue weighted by atomic mass is 19.1. The molecule has 2 heteroatoms. The Labute approximate surface area is 42.1 Å². The summed E-state index contributed by atoms with van der Waals surface area (Å²) in [7, 11) is 0. The third-order valence-corrected chi connectivity index (χ3v) is 0.412. The summed E-state index contributed by atoms with van der Waals surface area (Å²) in [5, 5.41) is 0. The van der Waals surface area contributed by atoms with Crippen molar-refractivity contribution in [3.05, 3.63) is 25.5 Å². The first-order valence-electron chi connectivity index (χ1n) is 1.84. The molecule has 0 aromatic heterocycles. The summed E-state index contributed by atoms with van der Waals surface area (Å²) in [5.74, 6) is 0. The maximum absolute atomic E-state index is 11.7. The summed E-state index contributed by atoms with van der Waals surface area (Å²) in [4.78, 5) is 0. The Morgan fingerprint density at radius 3 is 2.29 bits per heavy atom. The van der Waals surface area contributed by atoms with Gasteiger partial charge in [0.25, 0.3) is 6.36 Å². The van der Waals surface area contributed by atoms with Crippen molar-refractivity contribution < 1.29 is 9.13 Å². The lowest BCUT2D eigenvalue weighted by molar-refractivity contribution is 0.0684. The van der Waals surface area contributed by atoms with Crippen LogP contribution in [0.15, 0.2) is 25.5 Å². The van der Waals surface area contributed by atoms with Crippen LogP contribution in [0, 0.1) is 0 Å². The number of hydrogen-bond acceptors (Lipinski definition) is 1. The zero-order chi connectivity index (χ0) is 5.70. The molecule has 0 rings (SSSR count). The molecule has 0 amide bonds. The van der Waals surface area contributed by atoms with Gasteiger partial charge in [-0.15, -0.1) is 0 Å². The van der Waals surface area contributed by atoms with Gasteiger partial charge in [-0.2, -0.15) is 4.39 Å². The average Bonchev–Trinajstić information content (AvgIpc) is 1.68. The minimum absolute atomic E-state index is 1.03. The molecule has 0 saturated carbocycles. The van der Waals surface area contributed by atoms with Gasteiger partial charge in [0, 0.05) is 0 Å². The Hall–Kier alpha value is -0.790. The first kappa shape index (κ1) is 6.21. The minimum atomic E-state index is -1.41. The first-order chi connectivity index (χ1) is 3.31. The number of ether oxygens (including phenoxy) is 1. The van der Waals surface area contributed by atoms with Crippen LogP contribution >= 0.6 is 0 Å². The summed E-state index contributed by atoms with van der Waals surface area (Å²) >= 11 is 0. The molecule has 0 aliphatic carbocycles. The fourth-order valence-electron chi connectivity index (χ4n) is 0.147. The van der Waals surface area contributed by atoms with Crippen molar-refractivity contribution in [3.8, 4) is 0 Å². The summed E-state index contributed by atoms with van der Waals surface area (Å²) in [6, 6.07) is 0. The Morgan fingerprint density at radius 2 is 2.14 bits per heavy atom. The van der Waals surface area contributed by atoms with Crippen molar-refractivity contribution in [2.24, 2.45) is 0 Å². The van der Waals surface area contributed by atoms with E-state index in [2.05, 4.69) is 17.9 Å². The van der Waals surface area contributed by atoms with Crippen molar-refractivity contribution in [2.45, 2.75) is 6.36 Å². The zero-order valence-corrected chi connectivity index (χ0v) is 3.93. The van der Waals surface area contributed by atoms with Crippen LogP contribution < -0.4 is 0 Å². The summed E-state index contributed by atoms with van der Waals surface area (Å²) in [5.41, 5.74) is 0. The molecule has 0 spiro atoms. The largest absolute Gasteiger partial charge is 0.465 e. The molecule has 0 aromatic rings. The SMILES string of the molecule is C=COC(F)C=C. The molecule has 1 atom stereocenters. The Morgan fingerprint density at radius 1 is 1.57 bits per heavy atom. The van der Waals surface area contributed by atoms with E-state index in [1.54, 1.807) is 0 Å². The van der Waals surface area contributed by atoms with Crippen molar-refractivity contribution in [1.29, 1.82) is 0 Å². The molecule has 0 bridgehead atoms. The van der Waals surface area contributed by atoms with Crippen LogP contribution in [-0.4, -0.2) is 6.36 Å². The molecule has 0 aromatic carbocycles. The zero-order valence-electron chi connectivity index (χ0n) is 3.93. The van der Waals surface area contributed by atoms with Gasteiger partial charge in [0.15, 0.2) is 0 Å². The van der Waals surface area contributed by atoms with Crippen LogP contribution in [0.5, 0.6) is 0 Å². The van der Waals surface area contributed by atoms with Crippen LogP contribution in [0.4, 0.5) is 4.39 Å². The van der Waals surface area contributed by atoms with E-state index >= 15 is 0 Å². The van der Waals surface area contributed by atoms with Crippen molar-refractivity contribution in [3.63, 3.8) is 0 Å². The molecule has 0 aliphatic heterocycles. The molecule has 0 saturated heterocycles. The van der Waals surface area contributed by atoms with Gasteiger partial charge in [0.1, 0.15) is 0 Å². The number of alkyl halides is 1. The smallest absolute Gasteiger partial charge is 0.256 e. The number of hydrogen-bond donors (Lipinski definition) is 0. The molecule has 1 unspecified atom stereocenters. The van der Waals surface area contributed by atoms with Crippen LogP contribution in [0.1, 0.15) is 0 Å². The average molecular weight is 102 g/mol. The van der Waals surface area contributed by atoms with Gasteiger partial charge in [0.05, 0.1) is 6.26 Å². The second-order valence-corrected chi connectivity index (χ2v) is 0.890. The highest BCUT2D eigenvalue weighted by Gasteiger charge is 1.91. The lowest BCUT2D eigenvalue weighted by atomic mass is 10.7. The van der Waals surface area contributed by atoms with E-state index in [1.807, 2.05) is 0 Å². The van der Waals surface area contributed by atoms with Crippen LogP contribution in [0.2, 0.25) is 0 Å². The molecule has 40 valence electrons. The second kappa shape index (κ2) is 3.40. The molecule has 1 nitrogen and oxygen atoms in total. The highest BCUT2D eigenvalue weighted by molar-refractivity contribution is 4.72. The summed E-state index contributed by atoms with van der Waals surface area (Å²) < 4.78 is 15.9. The van der Waals surface area contributed by atoms with E-state index in [9.17, 15) is 4.39 Å². The Bertz CT molecular complexity index is 70.5. The van der Waals surface area contributed by atoms with Gasteiger partial charge >= 0.3 is 0 Å². The molecule has 0 heterocycles. The predicted octanol–water partition coefficient (Wildman–Crippen LogP) is 1.63. The van der Waals surface area contributed by atoms with E-state index in [0.29, 0.717) is 0 Å².